The van der Waals surface area contributed by atoms with Crippen molar-refractivity contribution in [1.82, 2.24) is 15.0 Å². The Kier molecular flexibility index (Phi) is 3.19. The molecule has 2 aromatic heterocycles. The van der Waals surface area contributed by atoms with Crippen LogP contribution in [0.5, 0.6) is 11.8 Å². The lowest BCUT2D eigenvalue weighted by Crippen LogP contribution is -2.12. The lowest BCUT2D eigenvalue weighted by atomic mass is 10.5. The molecule has 6 nitrogen and oxygen atoms in total. The number of thioether (sulfide) groups is 1. The van der Waals surface area contributed by atoms with Crippen molar-refractivity contribution in [3.8, 4) is 11.8 Å². The predicted molar refractivity (Wildman–Crippen MR) is 71.2 cm³/mol. The summed E-state index contributed by atoms with van der Waals surface area (Å²) in [5.41, 5.74) is 0. The van der Waals surface area contributed by atoms with Gasteiger partial charge in [-0.25, -0.2) is 18.4 Å². The van der Waals surface area contributed by atoms with E-state index in [9.17, 15) is 8.42 Å². The summed E-state index contributed by atoms with van der Waals surface area (Å²) in [6.45, 7) is 0. The molecule has 1 saturated heterocycles. The fraction of sp³-hybridized carbons (Fsp3) is 0.273. The van der Waals surface area contributed by atoms with Crippen molar-refractivity contribution in [3.63, 3.8) is 0 Å². The highest BCUT2D eigenvalue weighted by Gasteiger charge is 2.31. The Hall–Kier alpha value is -1.54. The molecule has 1 fully saturated rings. The zero-order valence-corrected chi connectivity index (χ0v) is 11.4. The van der Waals surface area contributed by atoms with E-state index < -0.39 is 9.84 Å². The molecule has 1 aliphatic rings. The molecule has 1 aliphatic heterocycles. The molecule has 1 unspecified atom stereocenters. The Balaban J connectivity index is 1.75. The normalized spacial score (nSPS) is 18.2. The van der Waals surface area contributed by atoms with Crippen LogP contribution in [0.2, 0.25) is 0 Å². The Morgan fingerprint density at radius 1 is 1.42 bits per heavy atom. The first-order chi connectivity index (χ1) is 9.13. The van der Waals surface area contributed by atoms with E-state index in [-0.39, 0.29) is 22.0 Å². The molecule has 0 aliphatic carbocycles. The van der Waals surface area contributed by atoms with Gasteiger partial charge in [-0.15, -0.1) is 0 Å². The highest BCUT2D eigenvalue weighted by Crippen LogP contribution is 2.32. The minimum Gasteiger partial charge on any atom is -0.421 e. The largest absolute Gasteiger partial charge is 0.421 e. The number of nitrogens with zero attached hydrogens (tertiary/aromatic N) is 2. The van der Waals surface area contributed by atoms with Gasteiger partial charge in [0.1, 0.15) is 0 Å². The smallest absolute Gasteiger partial charge is 0.227 e. The Bertz CT molecular complexity index is 666. The number of H-pyrrole nitrogens is 1. The average Bonchev–Trinajstić information content (AvgIpc) is 3.05. The predicted octanol–water partition coefficient (Wildman–Crippen LogP) is 1.49. The number of rotatable bonds is 5. The fourth-order valence-electron chi connectivity index (χ4n) is 1.51. The zero-order chi connectivity index (χ0) is 13.3. The van der Waals surface area contributed by atoms with Gasteiger partial charge in [-0.1, -0.05) is 6.07 Å². The molecule has 100 valence electrons. The van der Waals surface area contributed by atoms with Crippen LogP contribution < -0.4 is 4.74 Å². The lowest BCUT2D eigenvalue weighted by Gasteiger charge is -2.00. The van der Waals surface area contributed by atoms with E-state index in [0.29, 0.717) is 5.88 Å². The summed E-state index contributed by atoms with van der Waals surface area (Å²) in [6.07, 6.45) is 2.94. The number of imidazole rings is 1. The molecule has 0 amide bonds. The topological polar surface area (TPSA) is 84.9 Å². The van der Waals surface area contributed by atoms with E-state index in [1.54, 1.807) is 36.2 Å². The van der Waals surface area contributed by atoms with Crippen LogP contribution in [0.4, 0.5) is 0 Å². The van der Waals surface area contributed by atoms with Crippen molar-refractivity contribution in [2.75, 3.05) is 11.5 Å². The van der Waals surface area contributed by atoms with Gasteiger partial charge in [0, 0.05) is 23.3 Å². The highest BCUT2D eigenvalue weighted by molar-refractivity contribution is 8.08. The van der Waals surface area contributed by atoms with Gasteiger partial charge in [0.15, 0.2) is 0 Å². The molecule has 8 heteroatoms. The molecule has 1 N–H and O–H groups in total. The molecule has 0 aromatic carbocycles. The second-order valence-corrected chi connectivity index (χ2v) is 7.34. The summed E-state index contributed by atoms with van der Waals surface area (Å²) in [7, 11) is -3.36. The third kappa shape index (κ3) is 3.07. The second-order valence-electron chi connectivity index (χ2n) is 4.06. The number of nitrogens with one attached hydrogen (secondary N) is 1. The van der Waals surface area contributed by atoms with Crippen LogP contribution in [0.25, 0.3) is 0 Å². The summed E-state index contributed by atoms with van der Waals surface area (Å²) in [5, 5.41) is 0.154. The fourth-order valence-corrected chi connectivity index (χ4v) is 4.07. The molecule has 3 heterocycles. The Morgan fingerprint density at radius 2 is 2.26 bits per heavy atom. The summed E-state index contributed by atoms with van der Waals surface area (Å²) >= 11 is 1.64. The van der Waals surface area contributed by atoms with E-state index in [2.05, 4.69) is 15.0 Å². The van der Waals surface area contributed by atoms with Crippen LogP contribution in [-0.4, -0.2) is 40.1 Å². The van der Waals surface area contributed by atoms with Gasteiger partial charge in [-0.3, -0.25) is 4.98 Å². The Morgan fingerprint density at radius 3 is 2.95 bits per heavy atom. The first-order valence-electron chi connectivity index (χ1n) is 5.62. The van der Waals surface area contributed by atoms with Gasteiger partial charge in [-0.2, -0.15) is 11.8 Å². The lowest BCUT2D eigenvalue weighted by molar-refractivity contribution is 0.444. The number of hydrogen-bond acceptors (Lipinski definition) is 6. The van der Waals surface area contributed by atoms with Crippen molar-refractivity contribution in [3.05, 3.63) is 30.6 Å². The quantitative estimate of drug-likeness (QED) is 0.842. The molecule has 0 spiro atoms. The van der Waals surface area contributed by atoms with Gasteiger partial charge >= 0.3 is 0 Å². The van der Waals surface area contributed by atoms with Crippen molar-refractivity contribution < 1.29 is 13.2 Å². The minimum absolute atomic E-state index is 0.0501. The molecule has 2 aromatic rings. The minimum atomic E-state index is -3.36. The van der Waals surface area contributed by atoms with E-state index in [1.165, 1.54) is 6.20 Å². The van der Waals surface area contributed by atoms with Gasteiger partial charge in [-0.05, 0) is 6.07 Å². The number of hydrogen-bond donors (Lipinski definition) is 1. The number of sulfone groups is 1. The van der Waals surface area contributed by atoms with Crippen molar-refractivity contribution >= 4 is 21.6 Å². The van der Waals surface area contributed by atoms with Gasteiger partial charge in [0.2, 0.25) is 26.8 Å². The summed E-state index contributed by atoms with van der Waals surface area (Å²) < 4.78 is 29.3. The van der Waals surface area contributed by atoms with Gasteiger partial charge in [0.05, 0.1) is 11.9 Å². The SMILES string of the molecule is O=S(=O)(CC1CS1)c1ncc(Oc2ccccn2)[nH]1. The van der Waals surface area contributed by atoms with E-state index in [4.69, 9.17) is 4.74 Å². The molecule has 19 heavy (non-hydrogen) atoms. The average molecular weight is 297 g/mol. The monoisotopic (exact) mass is 297 g/mol. The maximum absolute atomic E-state index is 12.0. The molecule has 0 bridgehead atoms. The van der Waals surface area contributed by atoms with Crippen molar-refractivity contribution in [2.45, 2.75) is 10.4 Å². The number of pyridine rings is 1. The third-order valence-corrected chi connectivity index (χ3v) is 5.30. The molecular formula is C11H11N3O3S2. The zero-order valence-electron chi connectivity index (χ0n) is 9.81. The van der Waals surface area contributed by atoms with E-state index in [1.807, 2.05) is 0 Å². The summed E-state index contributed by atoms with van der Waals surface area (Å²) in [5.74, 6) is 1.67. The summed E-state index contributed by atoms with van der Waals surface area (Å²) in [6, 6.07) is 5.22. The molecule has 1 atom stereocenters. The van der Waals surface area contributed by atoms with Crippen LogP contribution in [0.1, 0.15) is 0 Å². The van der Waals surface area contributed by atoms with Gasteiger partial charge in [0.25, 0.3) is 0 Å². The van der Waals surface area contributed by atoms with E-state index >= 15 is 0 Å². The van der Waals surface area contributed by atoms with Crippen molar-refractivity contribution in [1.29, 1.82) is 0 Å². The van der Waals surface area contributed by atoms with Crippen LogP contribution in [0.15, 0.2) is 35.7 Å². The highest BCUT2D eigenvalue weighted by atomic mass is 32.2. The van der Waals surface area contributed by atoms with Crippen LogP contribution in [0.3, 0.4) is 0 Å². The molecular weight excluding hydrogens is 286 g/mol. The molecule has 0 radical (unpaired) electrons. The van der Waals surface area contributed by atoms with E-state index in [0.717, 1.165) is 5.75 Å². The van der Waals surface area contributed by atoms with Crippen LogP contribution >= 0.6 is 11.8 Å². The first kappa shape index (κ1) is 12.5. The maximum atomic E-state index is 12.0. The number of ether oxygens (including phenoxy) is 1. The Labute approximate surface area is 114 Å². The third-order valence-electron chi connectivity index (χ3n) is 2.48. The standard InChI is InChI=1S/C11H11N3O3S2/c15-19(16,7-8-6-18-8)11-13-5-10(14-11)17-9-3-1-2-4-12-9/h1-5,8H,6-7H2,(H,13,14). The van der Waals surface area contributed by atoms with Crippen LogP contribution in [0, 0.1) is 0 Å². The van der Waals surface area contributed by atoms with Gasteiger partial charge < -0.3 is 4.74 Å². The number of aromatic nitrogens is 3. The first-order valence-corrected chi connectivity index (χ1v) is 8.32. The summed E-state index contributed by atoms with van der Waals surface area (Å²) in [4.78, 5) is 10.5. The van der Waals surface area contributed by atoms with Crippen LogP contribution in [-0.2, 0) is 9.84 Å². The van der Waals surface area contributed by atoms with Crippen molar-refractivity contribution in [2.24, 2.45) is 0 Å². The number of aromatic amines is 1. The molecule has 3 rings (SSSR count). The molecule has 0 saturated carbocycles. The second kappa shape index (κ2) is 4.86. The maximum Gasteiger partial charge on any atom is 0.227 e.